The molecule has 0 aromatic rings. The number of piperazine rings is 1. The van der Waals surface area contributed by atoms with Gasteiger partial charge in [-0.15, -0.1) is 0 Å². The Hall–Kier alpha value is -0.610. The topological polar surface area (TPSA) is 49.6 Å². The van der Waals surface area contributed by atoms with Crippen LogP contribution in [0, 0.1) is 0 Å². The Labute approximate surface area is 97.8 Å². The molecular formula is C12H23N3O. The van der Waals surface area contributed by atoms with Crippen molar-refractivity contribution in [3.63, 3.8) is 0 Å². The largest absolute Gasteiger partial charge is 0.339 e. The molecule has 2 fully saturated rings. The Morgan fingerprint density at radius 1 is 1.31 bits per heavy atom. The number of carbonyl (C=O) groups is 1. The van der Waals surface area contributed by atoms with Crippen LogP contribution in [-0.2, 0) is 4.79 Å². The van der Waals surface area contributed by atoms with Crippen LogP contribution in [0.4, 0.5) is 0 Å². The molecule has 92 valence electrons. The molecule has 0 radical (unpaired) electrons. The maximum Gasteiger partial charge on any atom is 0.242 e. The van der Waals surface area contributed by atoms with Crippen LogP contribution in [0.5, 0.6) is 0 Å². The van der Waals surface area contributed by atoms with Gasteiger partial charge in [-0.2, -0.15) is 0 Å². The van der Waals surface area contributed by atoms with E-state index in [1.807, 2.05) is 18.7 Å². The monoisotopic (exact) mass is 225 g/mol. The lowest BCUT2D eigenvalue weighted by Crippen LogP contribution is -2.58. The lowest BCUT2D eigenvalue weighted by atomic mass is 9.98. The van der Waals surface area contributed by atoms with Crippen LogP contribution in [0.1, 0.15) is 33.1 Å². The van der Waals surface area contributed by atoms with Gasteiger partial charge >= 0.3 is 0 Å². The van der Waals surface area contributed by atoms with Gasteiger partial charge in [-0.1, -0.05) is 6.92 Å². The Kier molecular flexibility index (Phi) is 3.22. The van der Waals surface area contributed by atoms with Gasteiger partial charge in [0.25, 0.3) is 0 Å². The van der Waals surface area contributed by atoms with Gasteiger partial charge in [0.05, 0.1) is 5.54 Å². The van der Waals surface area contributed by atoms with Gasteiger partial charge in [0.1, 0.15) is 0 Å². The molecule has 16 heavy (non-hydrogen) atoms. The van der Waals surface area contributed by atoms with E-state index in [1.54, 1.807) is 0 Å². The molecular weight excluding hydrogens is 202 g/mol. The van der Waals surface area contributed by atoms with E-state index < -0.39 is 5.54 Å². The van der Waals surface area contributed by atoms with Crippen molar-refractivity contribution in [2.75, 3.05) is 26.2 Å². The number of nitrogens with two attached hydrogens (primary N) is 1. The third-order valence-corrected chi connectivity index (χ3v) is 3.89. The average molecular weight is 225 g/mol. The lowest BCUT2D eigenvalue weighted by Gasteiger charge is -2.38. The molecule has 0 aromatic carbocycles. The first-order valence-electron chi connectivity index (χ1n) is 6.37. The van der Waals surface area contributed by atoms with E-state index in [0.29, 0.717) is 6.42 Å². The fourth-order valence-electron chi connectivity index (χ4n) is 2.24. The second-order valence-corrected chi connectivity index (χ2v) is 5.33. The second-order valence-electron chi connectivity index (χ2n) is 5.33. The van der Waals surface area contributed by atoms with E-state index in [4.69, 9.17) is 5.73 Å². The molecule has 2 rings (SSSR count). The van der Waals surface area contributed by atoms with E-state index >= 15 is 0 Å². The summed E-state index contributed by atoms with van der Waals surface area (Å²) in [7, 11) is 0. The van der Waals surface area contributed by atoms with E-state index in [0.717, 1.165) is 32.2 Å². The first-order valence-corrected chi connectivity index (χ1v) is 6.37. The zero-order valence-corrected chi connectivity index (χ0v) is 10.4. The average Bonchev–Trinajstić information content (AvgIpc) is 3.12. The normalized spacial score (nSPS) is 26.6. The number of carbonyl (C=O) groups excluding carboxylic acids is 1. The third-order valence-electron chi connectivity index (χ3n) is 3.89. The zero-order chi connectivity index (χ0) is 11.8. The van der Waals surface area contributed by atoms with Gasteiger partial charge in [-0.3, -0.25) is 9.69 Å². The van der Waals surface area contributed by atoms with Gasteiger partial charge in [-0.25, -0.2) is 0 Å². The van der Waals surface area contributed by atoms with Crippen LogP contribution in [0.15, 0.2) is 0 Å². The minimum absolute atomic E-state index is 0.116. The van der Waals surface area contributed by atoms with Crippen LogP contribution in [-0.4, -0.2) is 53.5 Å². The minimum atomic E-state index is -0.679. The highest BCUT2D eigenvalue weighted by Gasteiger charge is 2.36. The van der Waals surface area contributed by atoms with Gasteiger partial charge in [0.15, 0.2) is 0 Å². The lowest BCUT2D eigenvalue weighted by molar-refractivity contribution is -0.138. The first-order chi connectivity index (χ1) is 7.54. The summed E-state index contributed by atoms with van der Waals surface area (Å²) < 4.78 is 0. The quantitative estimate of drug-likeness (QED) is 0.757. The molecule has 0 spiro atoms. The number of amides is 1. The maximum atomic E-state index is 12.1. The number of rotatable bonds is 3. The SMILES string of the molecule is CCC(C)(N)C(=O)N1CCN(C2CC2)CC1. The molecule has 1 saturated carbocycles. The van der Waals surface area contributed by atoms with Crippen LogP contribution >= 0.6 is 0 Å². The van der Waals surface area contributed by atoms with Gasteiger partial charge < -0.3 is 10.6 Å². The molecule has 2 N–H and O–H groups in total. The fourth-order valence-corrected chi connectivity index (χ4v) is 2.24. The van der Waals surface area contributed by atoms with Crippen LogP contribution in [0.2, 0.25) is 0 Å². The number of hydrogen-bond acceptors (Lipinski definition) is 3. The Bertz CT molecular complexity index is 265. The van der Waals surface area contributed by atoms with Crippen molar-refractivity contribution in [2.45, 2.75) is 44.7 Å². The van der Waals surface area contributed by atoms with Crippen molar-refractivity contribution in [3.8, 4) is 0 Å². The predicted molar refractivity (Wildman–Crippen MR) is 64.1 cm³/mol. The van der Waals surface area contributed by atoms with E-state index in [9.17, 15) is 4.79 Å². The van der Waals surface area contributed by atoms with Crippen LogP contribution < -0.4 is 5.73 Å². The summed E-state index contributed by atoms with van der Waals surface area (Å²) in [4.78, 5) is 16.6. The predicted octanol–water partition coefficient (Wildman–Crippen LogP) is 0.420. The van der Waals surface area contributed by atoms with Gasteiger partial charge in [0, 0.05) is 32.2 Å². The van der Waals surface area contributed by atoms with Crippen molar-refractivity contribution in [2.24, 2.45) is 5.73 Å². The Balaban J connectivity index is 1.85. The van der Waals surface area contributed by atoms with E-state index in [1.165, 1.54) is 12.8 Å². The molecule has 4 nitrogen and oxygen atoms in total. The van der Waals surface area contributed by atoms with Crippen molar-refractivity contribution in [1.82, 2.24) is 9.80 Å². The van der Waals surface area contributed by atoms with Gasteiger partial charge in [-0.05, 0) is 26.2 Å². The molecule has 1 heterocycles. The molecule has 1 aliphatic heterocycles. The number of hydrogen-bond donors (Lipinski definition) is 1. The Morgan fingerprint density at radius 3 is 2.31 bits per heavy atom. The summed E-state index contributed by atoms with van der Waals surface area (Å²) in [6.45, 7) is 7.55. The molecule has 2 aliphatic rings. The molecule has 1 atom stereocenters. The number of nitrogens with zero attached hydrogens (tertiary/aromatic N) is 2. The fraction of sp³-hybridized carbons (Fsp3) is 0.917. The van der Waals surface area contributed by atoms with Crippen molar-refractivity contribution in [3.05, 3.63) is 0 Å². The highest BCUT2D eigenvalue weighted by molar-refractivity contribution is 5.85. The zero-order valence-electron chi connectivity index (χ0n) is 10.4. The minimum Gasteiger partial charge on any atom is -0.339 e. The van der Waals surface area contributed by atoms with E-state index in [-0.39, 0.29) is 5.91 Å². The standard InChI is InChI=1S/C12H23N3O/c1-3-12(2,13)11(16)15-8-6-14(7-9-15)10-4-5-10/h10H,3-9,13H2,1-2H3. The summed E-state index contributed by atoms with van der Waals surface area (Å²) >= 11 is 0. The highest BCUT2D eigenvalue weighted by Crippen LogP contribution is 2.27. The van der Waals surface area contributed by atoms with Crippen molar-refractivity contribution in [1.29, 1.82) is 0 Å². The molecule has 1 amide bonds. The third kappa shape index (κ3) is 2.38. The summed E-state index contributed by atoms with van der Waals surface area (Å²) in [6, 6.07) is 0.813. The molecule has 4 heteroatoms. The summed E-state index contributed by atoms with van der Waals surface area (Å²) in [5.41, 5.74) is 5.31. The van der Waals surface area contributed by atoms with Crippen molar-refractivity contribution >= 4 is 5.91 Å². The molecule has 0 bridgehead atoms. The molecule has 1 saturated heterocycles. The van der Waals surface area contributed by atoms with E-state index in [2.05, 4.69) is 4.90 Å². The summed E-state index contributed by atoms with van der Waals surface area (Å²) in [5.74, 6) is 0.116. The first kappa shape index (κ1) is 11.9. The molecule has 1 unspecified atom stereocenters. The van der Waals surface area contributed by atoms with Crippen LogP contribution in [0.3, 0.4) is 0 Å². The highest BCUT2D eigenvalue weighted by atomic mass is 16.2. The molecule has 0 aromatic heterocycles. The Morgan fingerprint density at radius 2 is 1.88 bits per heavy atom. The summed E-state index contributed by atoms with van der Waals surface area (Å²) in [5, 5.41) is 0. The van der Waals surface area contributed by atoms with Crippen LogP contribution in [0.25, 0.3) is 0 Å². The second kappa shape index (κ2) is 4.34. The van der Waals surface area contributed by atoms with Gasteiger partial charge in [0.2, 0.25) is 5.91 Å². The summed E-state index contributed by atoms with van der Waals surface area (Å²) in [6.07, 6.45) is 3.39. The molecule has 1 aliphatic carbocycles. The van der Waals surface area contributed by atoms with Crippen molar-refractivity contribution < 1.29 is 4.79 Å². The maximum absolute atomic E-state index is 12.1. The smallest absolute Gasteiger partial charge is 0.242 e.